The van der Waals surface area contributed by atoms with Crippen molar-refractivity contribution in [2.45, 2.75) is 59.0 Å². The first kappa shape index (κ1) is 16.3. The summed E-state index contributed by atoms with van der Waals surface area (Å²) in [5.74, 6) is 0.766. The van der Waals surface area contributed by atoms with Gasteiger partial charge < -0.3 is 5.32 Å². The van der Waals surface area contributed by atoms with Crippen LogP contribution in [0.15, 0.2) is 22.7 Å². The van der Waals surface area contributed by atoms with Crippen LogP contribution in [0.5, 0.6) is 0 Å². The summed E-state index contributed by atoms with van der Waals surface area (Å²) in [6.07, 6.45) is 5.38. The van der Waals surface area contributed by atoms with Gasteiger partial charge in [-0.1, -0.05) is 51.3 Å². The molecule has 0 amide bonds. The molecule has 20 heavy (non-hydrogen) atoms. The molecule has 1 N–H and O–H groups in total. The van der Waals surface area contributed by atoms with Crippen LogP contribution in [0, 0.1) is 11.3 Å². The molecule has 1 aromatic rings. The molecule has 1 aliphatic rings. The molecule has 3 heteroatoms. The highest BCUT2D eigenvalue weighted by Gasteiger charge is 2.33. The molecule has 0 saturated heterocycles. The third-order valence-corrected chi connectivity index (χ3v) is 5.66. The van der Waals surface area contributed by atoms with E-state index in [2.05, 4.69) is 48.1 Å². The van der Waals surface area contributed by atoms with Crippen LogP contribution >= 0.6 is 27.5 Å². The van der Waals surface area contributed by atoms with Crippen molar-refractivity contribution < 1.29 is 0 Å². The van der Waals surface area contributed by atoms with Crippen LogP contribution in [0.2, 0.25) is 5.02 Å². The molecule has 0 bridgehead atoms. The maximum atomic E-state index is 6.16. The second kappa shape index (κ2) is 6.81. The minimum absolute atomic E-state index is 0.384. The van der Waals surface area contributed by atoms with Crippen LogP contribution in [0.3, 0.4) is 0 Å². The van der Waals surface area contributed by atoms with E-state index in [1.165, 1.54) is 31.2 Å². The standard InChI is InChI=1S/C17H25BrClN/c1-17(2,3)13-6-4-5-7-16(13)20-11-12-8-9-14(18)15(19)10-12/h8-10,13,16,20H,4-7,11H2,1-3H3. The number of hydrogen-bond donors (Lipinski definition) is 1. The van der Waals surface area contributed by atoms with Crippen LogP contribution < -0.4 is 5.32 Å². The van der Waals surface area contributed by atoms with E-state index in [1.54, 1.807) is 0 Å². The Hall–Kier alpha value is -0.0500. The van der Waals surface area contributed by atoms with Crippen molar-refractivity contribution >= 4 is 27.5 Å². The first-order valence-corrected chi connectivity index (χ1v) is 8.72. The minimum Gasteiger partial charge on any atom is -0.310 e. The van der Waals surface area contributed by atoms with Crippen molar-refractivity contribution in [3.05, 3.63) is 33.3 Å². The molecule has 1 aliphatic carbocycles. The van der Waals surface area contributed by atoms with E-state index < -0.39 is 0 Å². The summed E-state index contributed by atoms with van der Waals surface area (Å²) in [5.41, 5.74) is 1.64. The number of halogens is 2. The third kappa shape index (κ3) is 4.22. The van der Waals surface area contributed by atoms with Gasteiger partial charge in [0, 0.05) is 17.1 Å². The molecule has 2 unspecified atom stereocenters. The molecule has 112 valence electrons. The van der Waals surface area contributed by atoms with E-state index in [0.29, 0.717) is 11.5 Å². The predicted molar refractivity (Wildman–Crippen MR) is 91.2 cm³/mol. The Bertz CT molecular complexity index is 453. The van der Waals surface area contributed by atoms with Gasteiger partial charge in [0.2, 0.25) is 0 Å². The van der Waals surface area contributed by atoms with Gasteiger partial charge in [-0.05, 0) is 57.8 Å². The lowest BCUT2D eigenvalue weighted by Gasteiger charge is -2.41. The van der Waals surface area contributed by atoms with Crippen molar-refractivity contribution in [2.24, 2.45) is 11.3 Å². The Morgan fingerprint density at radius 1 is 1.25 bits per heavy atom. The van der Waals surface area contributed by atoms with Gasteiger partial charge in [-0.2, -0.15) is 0 Å². The van der Waals surface area contributed by atoms with Crippen LogP contribution in [-0.2, 0) is 6.54 Å². The van der Waals surface area contributed by atoms with Crippen LogP contribution in [0.4, 0.5) is 0 Å². The van der Waals surface area contributed by atoms with Crippen LogP contribution in [-0.4, -0.2) is 6.04 Å². The fourth-order valence-electron chi connectivity index (χ4n) is 3.31. The van der Waals surface area contributed by atoms with Crippen LogP contribution in [0.1, 0.15) is 52.0 Å². The second-order valence-electron chi connectivity index (χ2n) is 6.99. The van der Waals surface area contributed by atoms with Gasteiger partial charge in [0.1, 0.15) is 0 Å². The average molecular weight is 359 g/mol. The van der Waals surface area contributed by atoms with Crippen molar-refractivity contribution in [1.82, 2.24) is 5.32 Å². The second-order valence-corrected chi connectivity index (χ2v) is 8.25. The first-order valence-electron chi connectivity index (χ1n) is 7.55. The van der Waals surface area contributed by atoms with E-state index in [1.807, 2.05) is 12.1 Å². The molecule has 2 atom stereocenters. The predicted octanol–water partition coefficient (Wildman–Crippen LogP) is 5.80. The lowest BCUT2D eigenvalue weighted by Crippen LogP contribution is -2.43. The van der Waals surface area contributed by atoms with Crippen LogP contribution in [0.25, 0.3) is 0 Å². The fraction of sp³-hybridized carbons (Fsp3) is 0.647. The molecule has 1 fully saturated rings. The zero-order chi connectivity index (χ0) is 14.8. The summed E-state index contributed by atoms with van der Waals surface area (Å²) in [7, 11) is 0. The van der Waals surface area contributed by atoms with Crippen molar-refractivity contribution in [1.29, 1.82) is 0 Å². The number of rotatable bonds is 3. The number of hydrogen-bond acceptors (Lipinski definition) is 1. The normalized spacial score (nSPS) is 23.9. The van der Waals surface area contributed by atoms with Gasteiger partial charge in [-0.15, -0.1) is 0 Å². The third-order valence-electron chi connectivity index (χ3n) is 4.43. The van der Waals surface area contributed by atoms with Gasteiger partial charge in [-0.25, -0.2) is 0 Å². The summed E-state index contributed by atoms with van der Waals surface area (Å²) < 4.78 is 0.966. The highest BCUT2D eigenvalue weighted by Crippen LogP contribution is 2.38. The SMILES string of the molecule is CC(C)(C)C1CCCCC1NCc1ccc(Br)c(Cl)c1. The van der Waals surface area contributed by atoms with Gasteiger partial charge in [-0.3, -0.25) is 0 Å². The fourth-order valence-corrected chi connectivity index (χ4v) is 3.76. The molecule has 0 radical (unpaired) electrons. The first-order chi connectivity index (χ1) is 9.38. The Balaban J connectivity index is 1.99. The van der Waals surface area contributed by atoms with Crippen molar-refractivity contribution in [2.75, 3.05) is 0 Å². The number of benzene rings is 1. The van der Waals surface area contributed by atoms with E-state index in [0.717, 1.165) is 22.0 Å². The molecule has 1 aromatic carbocycles. The summed E-state index contributed by atoms with van der Waals surface area (Å²) in [6, 6.07) is 6.85. The topological polar surface area (TPSA) is 12.0 Å². The molecule has 0 aromatic heterocycles. The lowest BCUT2D eigenvalue weighted by molar-refractivity contribution is 0.130. The van der Waals surface area contributed by atoms with E-state index in [-0.39, 0.29) is 0 Å². The monoisotopic (exact) mass is 357 g/mol. The Morgan fingerprint density at radius 2 is 1.95 bits per heavy atom. The Morgan fingerprint density at radius 3 is 2.60 bits per heavy atom. The largest absolute Gasteiger partial charge is 0.310 e. The number of nitrogens with one attached hydrogen (secondary N) is 1. The molecular formula is C17H25BrClN. The highest BCUT2D eigenvalue weighted by molar-refractivity contribution is 9.10. The van der Waals surface area contributed by atoms with E-state index >= 15 is 0 Å². The Kier molecular flexibility index (Phi) is 5.56. The summed E-state index contributed by atoms with van der Waals surface area (Å²) >= 11 is 9.60. The van der Waals surface area contributed by atoms with E-state index in [9.17, 15) is 0 Å². The molecule has 0 spiro atoms. The molecule has 1 nitrogen and oxygen atoms in total. The molecule has 0 heterocycles. The molecule has 1 saturated carbocycles. The zero-order valence-corrected chi connectivity index (χ0v) is 15.0. The maximum absolute atomic E-state index is 6.16. The zero-order valence-electron chi connectivity index (χ0n) is 12.7. The molecule has 0 aliphatic heterocycles. The average Bonchev–Trinajstić information content (AvgIpc) is 2.39. The quantitative estimate of drug-likeness (QED) is 0.720. The minimum atomic E-state index is 0.384. The summed E-state index contributed by atoms with van der Waals surface area (Å²) in [4.78, 5) is 0. The van der Waals surface area contributed by atoms with Crippen molar-refractivity contribution in [3.8, 4) is 0 Å². The van der Waals surface area contributed by atoms with Gasteiger partial charge in [0.25, 0.3) is 0 Å². The highest BCUT2D eigenvalue weighted by atomic mass is 79.9. The smallest absolute Gasteiger partial charge is 0.0551 e. The molecular weight excluding hydrogens is 334 g/mol. The molecule has 2 rings (SSSR count). The van der Waals surface area contributed by atoms with Gasteiger partial charge in [0.15, 0.2) is 0 Å². The van der Waals surface area contributed by atoms with Crippen molar-refractivity contribution in [3.63, 3.8) is 0 Å². The Labute approximate surface area is 136 Å². The van der Waals surface area contributed by atoms with E-state index in [4.69, 9.17) is 11.6 Å². The van der Waals surface area contributed by atoms with Gasteiger partial charge in [0.05, 0.1) is 5.02 Å². The lowest BCUT2D eigenvalue weighted by atomic mass is 9.69. The summed E-state index contributed by atoms with van der Waals surface area (Å²) in [6.45, 7) is 8.01. The van der Waals surface area contributed by atoms with Gasteiger partial charge >= 0.3 is 0 Å². The summed E-state index contributed by atoms with van der Waals surface area (Å²) in [5, 5.41) is 4.56. The maximum Gasteiger partial charge on any atom is 0.0551 e.